The number of hydrogen-bond donors (Lipinski definition) is 2. The molecular weight excluding hydrogens is 470 g/mol. The molecule has 0 radical (unpaired) electrons. The Balaban J connectivity index is 1.31. The molecule has 12 heteroatoms. The van der Waals surface area contributed by atoms with Gasteiger partial charge in [0.1, 0.15) is 5.82 Å². The van der Waals surface area contributed by atoms with Crippen molar-refractivity contribution in [2.24, 2.45) is 0 Å². The standard InChI is InChI=1S/C25H43N11O/c1-20-22(26-4-6-34-12-8-32(2)9-13-34)29-24-21(28-20)23(27-5-7-35-16-18-37-19-17-35)30-25(31-24)36-14-10-33(3)11-15-36/h4-19H2,1-3H3,(H2,26,27,29,30,31). The molecule has 3 fully saturated rings. The van der Waals surface area contributed by atoms with E-state index in [1.165, 1.54) is 0 Å². The second-order valence-electron chi connectivity index (χ2n) is 10.4. The summed E-state index contributed by atoms with van der Waals surface area (Å²) in [7, 11) is 4.35. The Bertz CT molecular complexity index is 1020. The van der Waals surface area contributed by atoms with E-state index in [0.717, 1.165) is 134 Å². The average Bonchev–Trinajstić information content (AvgIpc) is 2.91. The predicted molar refractivity (Wildman–Crippen MR) is 148 cm³/mol. The van der Waals surface area contributed by atoms with Gasteiger partial charge in [-0.05, 0) is 21.0 Å². The number of rotatable bonds is 9. The van der Waals surface area contributed by atoms with E-state index in [-0.39, 0.29) is 0 Å². The summed E-state index contributed by atoms with van der Waals surface area (Å²) in [5.74, 6) is 2.31. The van der Waals surface area contributed by atoms with Crippen molar-refractivity contribution in [3.8, 4) is 0 Å². The van der Waals surface area contributed by atoms with Crippen LogP contribution in [0.2, 0.25) is 0 Å². The van der Waals surface area contributed by atoms with Crippen molar-refractivity contribution in [1.29, 1.82) is 0 Å². The SMILES string of the molecule is Cc1nc2c(NCCN3CCOCC3)nc(N3CCN(C)CC3)nc2nc1NCCN1CCN(C)CC1. The number of hydrogen-bond acceptors (Lipinski definition) is 12. The molecule has 3 aliphatic rings. The summed E-state index contributed by atoms with van der Waals surface area (Å²) in [5.41, 5.74) is 2.26. The third-order valence-corrected chi connectivity index (χ3v) is 7.62. The van der Waals surface area contributed by atoms with E-state index in [1.807, 2.05) is 6.92 Å². The van der Waals surface area contributed by atoms with Crippen LogP contribution in [0.25, 0.3) is 11.2 Å². The molecule has 0 aromatic carbocycles. The van der Waals surface area contributed by atoms with Crippen LogP contribution in [0.4, 0.5) is 17.6 Å². The summed E-state index contributed by atoms with van der Waals surface area (Å²) in [6, 6.07) is 0. The van der Waals surface area contributed by atoms with Crippen LogP contribution < -0.4 is 15.5 Å². The van der Waals surface area contributed by atoms with Gasteiger partial charge in [0.15, 0.2) is 17.0 Å². The third kappa shape index (κ3) is 6.94. The summed E-state index contributed by atoms with van der Waals surface area (Å²) in [5, 5.41) is 7.08. The quantitative estimate of drug-likeness (QED) is 0.468. The first-order valence-electron chi connectivity index (χ1n) is 13.7. The van der Waals surface area contributed by atoms with E-state index in [0.29, 0.717) is 5.65 Å². The van der Waals surface area contributed by atoms with Gasteiger partial charge < -0.3 is 30.1 Å². The topological polar surface area (TPSA) is 101 Å². The summed E-state index contributed by atoms with van der Waals surface area (Å²) in [6.45, 7) is 17.4. The molecule has 0 aliphatic carbocycles. The smallest absolute Gasteiger partial charge is 0.229 e. The molecular formula is C25H43N11O. The Morgan fingerprint density at radius 2 is 1.27 bits per heavy atom. The summed E-state index contributed by atoms with van der Waals surface area (Å²) in [4.78, 5) is 31.6. The molecule has 3 aliphatic heterocycles. The molecule has 2 aromatic rings. The van der Waals surface area contributed by atoms with Gasteiger partial charge in [0.25, 0.3) is 0 Å². The number of morpholine rings is 1. The van der Waals surface area contributed by atoms with Crippen molar-refractivity contribution in [3.63, 3.8) is 0 Å². The second kappa shape index (κ2) is 12.4. The van der Waals surface area contributed by atoms with Gasteiger partial charge in [0.2, 0.25) is 5.95 Å². The predicted octanol–water partition coefficient (Wildman–Crippen LogP) is -0.117. The van der Waals surface area contributed by atoms with E-state index in [9.17, 15) is 0 Å². The summed E-state index contributed by atoms with van der Waals surface area (Å²) >= 11 is 0. The number of aryl methyl sites for hydroxylation is 1. The van der Waals surface area contributed by atoms with Crippen LogP contribution in [0.15, 0.2) is 0 Å². The molecule has 12 nitrogen and oxygen atoms in total. The first-order chi connectivity index (χ1) is 18.0. The highest BCUT2D eigenvalue weighted by Gasteiger charge is 2.21. The highest BCUT2D eigenvalue weighted by molar-refractivity contribution is 5.85. The molecule has 5 rings (SSSR count). The van der Waals surface area contributed by atoms with Gasteiger partial charge in [0, 0.05) is 91.6 Å². The van der Waals surface area contributed by atoms with Crippen molar-refractivity contribution in [2.75, 3.05) is 134 Å². The van der Waals surface area contributed by atoms with Gasteiger partial charge in [-0.3, -0.25) is 9.80 Å². The Labute approximate surface area is 220 Å². The molecule has 2 aromatic heterocycles. The fourth-order valence-electron chi connectivity index (χ4n) is 5.02. The molecule has 2 N–H and O–H groups in total. The van der Waals surface area contributed by atoms with Crippen molar-refractivity contribution in [1.82, 2.24) is 39.5 Å². The molecule has 204 valence electrons. The maximum Gasteiger partial charge on any atom is 0.229 e. The monoisotopic (exact) mass is 513 g/mol. The molecule has 5 heterocycles. The van der Waals surface area contributed by atoms with Gasteiger partial charge in [-0.25, -0.2) is 9.97 Å². The second-order valence-corrected chi connectivity index (χ2v) is 10.4. The van der Waals surface area contributed by atoms with E-state index < -0.39 is 0 Å². The molecule has 0 atom stereocenters. The van der Waals surface area contributed by atoms with Crippen LogP contribution in [-0.2, 0) is 4.74 Å². The highest BCUT2D eigenvalue weighted by Crippen LogP contribution is 2.24. The molecule has 0 spiro atoms. The van der Waals surface area contributed by atoms with E-state index in [1.54, 1.807) is 0 Å². The van der Waals surface area contributed by atoms with Gasteiger partial charge >= 0.3 is 0 Å². The maximum absolute atomic E-state index is 5.48. The van der Waals surface area contributed by atoms with Crippen molar-refractivity contribution < 1.29 is 4.74 Å². The minimum absolute atomic E-state index is 0.644. The zero-order valence-corrected chi connectivity index (χ0v) is 22.7. The molecule has 37 heavy (non-hydrogen) atoms. The average molecular weight is 514 g/mol. The fraction of sp³-hybridized carbons (Fsp3) is 0.760. The lowest BCUT2D eigenvalue weighted by atomic mass is 10.3. The molecule has 3 saturated heterocycles. The Kier molecular flexibility index (Phi) is 8.82. The number of anilines is 3. The number of piperazine rings is 2. The van der Waals surface area contributed by atoms with Crippen molar-refractivity contribution in [2.45, 2.75) is 6.92 Å². The summed E-state index contributed by atoms with van der Waals surface area (Å²) in [6.07, 6.45) is 0. The summed E-state index contributed by atoms with van der Waals surface area (Å²) < 4.78 is 5.48. The van der Waals surface area contributed by atoms with Gasteiger partial charge in [0.05, 0.1) is 18.9 Å². The van der Waals surface area contributed by atoms with Gasteiger partial charge in [-0.15, -0.1) is 0 Å². The molecule has 0 saturated carbocycles. The van der Waals surface area contributed by atoms with Crippen LogP contribution in [0, 0.1) is 6.92 Å². The van der Waals surface area contributed by atoms with Gasteiger partial charge in [-0.2, -0.15) is 9.97 Å². The Hall–Kier alpha value is -2.38. The van der Waals surface area contributed by atoms with Crippen molar-refractivity contribution in [3.05, 3.63) is 5.69 Å². The molecule has 0 unspecified atom stereocenters. The zero-order valence-electron chi connectivity index (χ0n) is 22.7. The fourth-order valence-corrected chi connectivity index (χ4v) is 5.02. The number of likely N-dealkylation sites (N-methyl/N-ethyl adjacent to an activating group) is 2. The third-order valence-electron chi connectivity index (χ3n) is 7.62. The normalized spacial score (nSPS) is 21.0. The first-order valence-corrected chi connectivity index (χ1v) is 13.7. The van der Waals surface area contributed by atoms with Crippen molar-refractivity contribution >= 4 is 28.7 Å². The van der Waals surface area contributed by atoms with E-state index in [4.69, 9.17) is 24.7 Å². The molecule has 0 amide bonds. The largest absolute Gasteiger partial charge is 0.379 e. The van der Waals surface area contributed by atoms with Crippen LogP contribution in [-0.4, -0.2) is 158 Å². The minimum atomic E-state index is 0.644. The number of ether oxygens (including phenoxy) is 1. The Morgan fingerprint density at radius 1 is 0.676 bits per heavy atom. The lowest BCUT2D eigenvalue weighted by Gasteiger charge is -2.32. The van der Waals surface area contributed by atoms with Crippen LogP contribution >= 0.6 is 0 Å². The lowest BCUT2D eigenvalue weighted by molar-refractivity contribution is 0.0398. The Morgan fingerprint density at radius 3 is 1.95 bits per heavy atom. The van der Waals surface area contributed by atoms with Crippen LogP contribution in [0.3, 0.4) is 0 Å². The number of aromatic nitrogens is 4. The zero-order chi connectivity index (χ0) is 25.6. The number of nitrogens with one attached hydrogen (secondary N) is 2. The van der Waals surface area contributed by atoms with Gasteiger partial charge in [-0.1, -0.05) is 0 Å². The lowest BCUT2D eigenvalue weighted by Crippen LogP contribution is -2.45. The van der Waals surface area contributed by atoms with Crippen LogP contribution in [0.5, 0.6) is 0 Å². The molecule has 0 bridgehead atoms. The van der Waals surface area contributed by atoms with E-state index >= 15 is 0 Å². The first kappa shape index (κ1) is 26.2. The highest BCUT2D eigenvalue weighted by atomic mass is 16.5. The van der Waals surface area contributed by atoms with Crippen LogP contribution in [0.1, 0.15) is 5.69 Å². The maximum atomic E-state index is 5.48. The van der Waals surface area contributed by atoms with E-state index in [2.05, 4.69) is 49.2 Å². The number of nitrogens with zero attached hydrogens (tertiary/aromatic N) is 9. The minimum Gasteiger partial charge on any atom is -0.379 e. The number of fused-ring (bicyclic) bond motifs is 1.